The van der Waals surface area contributed by atoms with Crippen LogP contribution >= 0.6 is 11.6 Å². The fourth-order valence-electron chi connectivity index (χ4n) is 3.43. The molecule has 1 fully saturated rings. The van der Waals surface area contributed by atoms with E-state index in [4.69, 9.17) is 17.3 Å². The van der Waals surface area contributed by atoms with Gasteiger partial charge in [0.25, 0.3) is 5.91 Å². The van der Waals surface area contributed by atoms with Crippen LogP contribution in [0.1, 0.15) is 29.6 Å². The zero-order chi connectivity index (χ0) is 20.6. The summed E-state index contributed by atoms with van der Waals surface area (Å²) < 4.78 is 27.2. The number of sulfonamides is 1. The Morgan fingerprint density at radius 2 is 1.93 bits per heavy atom. The number of anilines is 2. The van der Waals surface area contributed by atoms with E-state index in [-0.39, 0.29) is 22.2 Å². The molecule has 28 heavy (non-hydrogen) atoms. The highest BCUT2D eigenvalue weighted by Crippen LogP contribution is 2.35. The summed E-state index contributed by atoms with van der Waals surface area (Å²) in [5.41, 5.74) is 7.03. The van der Waals surface area contributed by atoms with E-state index in [2.05, 4.69) is 4.72 Å². The molecule has 3 rings (SSSR count). The van der Waals surface area contributed by atoms with E-state index in [1.54, 1.807) is 34.7 Å². The number of carbonyl (C=O) groups excluding carboxylic acids is 2. The van der Waals surface area contributed by atoms with Crippen molar-refractivity contribution >= 4 is 44.9 Å². The Kier molecular flexibility index (Phi) is 5.40. The SMILES string of the molecule is Cn1c(N2CCCCC2=O)cc(C(N)=O)c1-c1cc(Cl)cc(NS(C)(=O)=O)c1. The maximum atomic E-state index is 12.3. The molecule has 2 aromatic rings. The predicted molar refractivity (Wildman–Crippen MR) is 109 cm³/mol. The molecular weight excluding hydrogens is 404 g/mol. The van der Waals surface area contributed by atoms with Gasteiger partial charge in [0.15, 0.2) is 0 Å². The van der Waals surface area contributed by atoms with E-state index in [1.807, 2.05) is 0 Å². The molecule has 0 spiro atoms. The van der Waals surface area contributed by atoms with Crippen LogP contribution in [0.3, 0.4) is 0 Å². The molecule has 0 radical (unpaired) electrons. The molecule has 0 aliphatic carbocycles. The standard InChI is InChI=1S/C18H21ClN4O4S/c1-22-15(23-6-4-3-5-16(23)24)10-14(18(20)25)17(22)11-7-12(19)9-13(8-11)21-28(2,26)27/h7-10,21H,3-6H2,1-2H3,(H2,20,25). The Morgan fingerprint density at radius 3 is 2.54 bits per heavy atom. The summed E-state index contributed by atoms with van der Waals surface area (Å²) in [4.78, 5) is 26.1. The summed E-state index contributed by atoms with van der Waals surface area (Å²) in [6, 6.07) is 6.23. The largest absolute Gasteiger partial charge is 0.366 e. The molecule has 3 N–H and O–H groups in total. The van der Waals surface area contributed by atoms with Crippen molar-refractivity contribution in [2.24, 2.45) is 12.8 Å². The van der Waals surface area contributed by atoms with Gasteiger partial charge in [0, 0.05) is 30.6 Å². The van der Waals surface area contributed by atoms with Crippen LogP contribution in [0.5, 0.6) is 0 Å². The number of amides is 2. The average Bonchev–Trinajstić information content (AvgIpc) is 2.90. The van der Waals surface area contributed by atoms with Gasteiger partial charge in [-0.25, -0.2) is 8.42 Å². The van der Waals surface area contributed by atoms with E-state index in [1.165, 1.54) is 6.07 Å². The second-order valence-electron chi connectivity index (χ2n) is 6.79. The van der Waals surface area contributed by atoms with Crippen LogP contribution in [0, 0.1) is 0 Å². The minimum Gasteiger partial charge on any atom is -0.366 e. The highest BCUT2D eigenvalue weighted by molar-refractivity contribution is 7.92. The van der Waals surface area contributed by atoms with Crippen LogP contribution < -0.4 is 15.4 Å². The fraction of sp³-hybridized carbons (Fsp3) is 0.333. The highest BCUT2D eigenvalue weighted by atomic mass is 35.5. The van der Waals surface area contributed by atoms with Crippen molar-refractivity contribution < 1.29 is 18.0 Å². The van der Waals surface area contributed by atoms with Gasteiger partial charge in [-0.1, -0.05) is 11.6 Å². The smallest absolute Gasteiger partial charge is 0.250 e. The lowest BCUT2D eigenvalue weighted by molar-refractivity contribution is -0.119. The number of nitrogens with zero attached hydrogens (tertiary/aromatic N) is 2. The fourth-order valence-corrected chi connectivity index (χ4v) is 4.21. The van der Waals surface area contributed by atoms with Crippen LogP contribution in [-0.2, 0) is 21.9 Å². The van der Waals surface area contributed by atoms with Crippen LogP contribution in [0.2, 0.25) is 5.02 Å². The Labute approximate surface area is 168 Å². The Balaban J connectivity index is 2.16. The van der Waals surface area contributed by atoms with Crippen LogP contribution in [0.4, 0.5) is 11.5 Å². The number of hydrogen-bond acceptors (Lipinski definition) is 4. The number of halogens is 1. The molecule has 1 aliphatic heterocycles. The van der Waals surface area contributed by atoms with Crippen LogP contribution in [0.15, 0.2) is 24.3 Å². The molecule has 1 aliphatic rings. The first-order chi connectivity index (χ1) is 13.1. The first-order valence-corrected chi connectivity index (χ1v) is 10.9. The van der Waals surface area contributed by atoms with Gasteiger partial charge in [0.2, 0.25) is 15.9 Å². The topological polar surface area (TPSA) is 114 Å². The molecule has 0 unspecified atom stereocenters. The van der Waals surface area contributed by atoms with Crippen LogP contribution in [0.25, 0.3) is 11.3 Å². The van der Waals surface area contributed by atoms with Crippen LogP contribution in [-0.4, -0.2) is 37.6 Å². The maximum absolute atomic E-state index is 12.3. The number of carbonyl (C=O) groups is 2. The molecule has 0 saturated carbocycles. The summed E-state index contributed by atoms with van der Waals surface area (Å²) in [6.45, 7) is 0.560. The van der Waals surface area contributed by atoms with Crippen molar-refractivity contribution in [2.75, 3.05) is 22.4 Å². The average molecular weight is 425 g/mol. The second-order valence-corrected chi connectivity index (χ2v) is 8.98. The van der Waals surface area contributed by atoms with E-state index in [9.17, 15) is 18.0 Å². The van der Waals surface area contributed by atoms with Crippen molar-refractivity contribution in [3.63, 3.8) is 0 Å². The lowest BCUT2D eigenvalue weighted by atomic mass is 10.1. The maximum Gasteiger partial charge on any atom is 0.250 e. The Hall–Kier alpha value is -2.52. The third kappa shape index (κ3) is 4.15. The lowest BCUT2D eigenvalue weighted by Gasteiger charge is -2.27. The van der Waals surface area contributed by atoms with Gasteiger partial charge in [0.1, 0.15) is 5.82 Å². The minimum atomic E-state index is -3.51. The number of primary amides is 1. The van der Waals surface area contributed by atoms with Crippen molar-refractivity contribution in [1.29, 1.82) is 0 Å². The number of nitrogens with one attached hydrogen (secondary N) is 1. The number of benzene rings is 1. The molecule has 150 valence electrons. The number of hydrogen-bond donors (Lipinski definition) is 2. The predicted octanol–water partition coefficient (Wildman–Crippen LogP) is 2.33. The number of piperidine rings is 1. The van der Waals surface area contributed by atoms with Crippen molar-refractivity contribution in [2.45, 2.75) is 19.3 Å². The van der Waals surface area contributed by atoms with Crippen molar-refractivity contribution in [1.82, 2.24) is 4.57 Å². The minimum absolute atomic E-state index is 0.0139. The molecule has 8 nitrogen and oxygen atoms in total. The highest BCUT2D eigenvalue weighted by Gasteiger charge is 2.27. The van der Waals surface area contributed by atoms with Gasteiger partial charge in [-0.2, -0.15) is 0 Å². The molecule has 0 atom stereocenters. The quantitative estimate of drug-likeness (QED) is 0.766. The number of rotatable bonds is 5. The molecule has 2 amide bonds. The summed E-state index contributed by atoms with van der Waals surface area (Å²) in [7, 11) is -1.78. The summed E-state index contributed by atoms with van der Waals surface area (Å²) in [6.07, 6.45) is 3.19. The van der Waals surface area contributed by atoms with Gasteiger partial charge in [-0.15, -0.1) is 0 Å². The van der Waals surface area contributed by atoms with Crippen molar-refractivity contribution in [3.05, 3.63) is 34.9 Å². The monoisotopic (exact) mass is 424 g/mol. The van der Waals surface area contributed by atoms with E-state index >= 15 is 0 Å². The molecule has 1 aromatic carbocycles. The van der Waals surface area contributed by atoms with Gasteiger partial charge in [-0.3, -0.25) is 19.2 Å². The van der Waals surface area contributed by atoms with E-state index < -0.39 is 15.9 Å². The summed E-state index contributed by atoms with van der Waals surface area (Å²) >= 11 is 6.17. The van der Waals surface area contributed by atoms with Gasteiger partial charge < -0.3 is 10.3 Å². The molecule has 0 bridgehead atoms. The van der Waals surface area contributed by atoms with Gasteiger partial charge >= 0.3 is 0 Å². The third-order valence-electron chi connectivity index (χ3n) is 4.55. The zero-order valence-electron chi connectivity index (χ0n) is 15.5. The molecule has 1 aromatic heterocycles. The molecule has 2 heterocycles. The second kappa shape index (κ2) is 7.48. The number of aromatic nitrogens is 1. The molecule has 1 saturated heterocycles. The van der Waals surface area contributed by atoms with Gasteiger partial charge in [0.05, 0.1) is 23.2 Å². The summed E-state index contributed by atoms with van der Waals surface area (Å²) in [5, 5.41) is 0.288. The third-order valence-corrected chi connectivity index (χ3v) is 5.37. The normalized spacial score (nSPS) is 15.0. The van der Waals surface area contributed by atoms with Crippen molar-refractivity contribution in [3.8, 4) is 11.3 Å². The summed E-state index contributed by atoms with van der Waals surface area (Å²) in [5.74, 6) is -0.107. The Bertz CT molecular complexity index is 1060. The molecule has 10 heteroatoms. The zero-order valence-corrected chi connectivity index (χ0v) is 17.1. The Morgan fingerprint density at radius 1 is 1.21 bits per heavy atom. The first-order valence-electron chi connectivity index (χ1n) is 8.65. The lowest BCUT2D eigenvalue weighted by Crippen LogP contribution is -2.36. The van der Waals surface area contributed by atoms with E-state index in [0.29, 0.717) is 30.0 Å². The number of nitrogens with two attached hydrogens (primary N) is 1. The molecular formula is C18H21ClN4O4S. The van der Waals surface area contributed by atoms with E-state index in [0.717, 1.165) is 19.1 Å². The van der Waals surface area contributed by atoms with Gasteiger partial charge in [-0.05, 0) is 37.1 Å². The first kappa shape index (κ1) is 20.2.